The van der Waals surface area contributed by atoms with Gasteiger partial charge in [0, 0.05) is 25.1 Å². The molecule has 94 valence electrons. The van der Waals surface area contributed by atoms with Crippen molar-refractivity contribution in [3.05, 3.63) is 47.8 Å². The monoisotopic (exact) mass is 264 g/mol. The summed E-state index contributed by atoms with van der Waals surface area (Å²) in [5, 5.41) is 4.00. The summed E-state index contributed by atoms with van der Waals surface area (Å²) >= 11 is 0. The average molecular weight is 264 g/mol. The molecule has 2 aromatic rings. The van der Waals surface area contributed by atoms with Crippen LogP contribution in [0.25, 0.3) is 0 Å². The lowest BCUT2D eigenvalue weighted by atomic mass is 10.1. The first-order valence-electron chi connectivity index (χ1n) is 5.22. The van der Waals surface area contributed by atoms with Gasteiger partial charge in [0.15, 0.2) is 9.84 Å². The van der Waals surface area contributed by atoms with Gasteiger partial charge in [-0.3, -0.25) is 9.48 Å². The van der Waals surface area contributed by atoms with Crippen molar-refractivity contribution in [1.82, 2.24) is 9.78 Å². The molecule has 5 nitrogen and oxygen atoms in total. The molecule has 1 aromatic heterocycles. The largest absolute Gasteiger partial charge is 0.287 e. The van der Waals surface area contributed by atoms with E-state index in [1.54, 1.807) is 31.4 Å². The molecule has 0 aliphatic heterocycles. The van der Waals surface area contributed by atoms with Crippen LogP contribution in [0.1, 0.15) is 16.1 Å². The van der Waals surface area contributed by atoms with Crippen molar-refractivity contribution in [3.63, 3.8) is 0 Å². The highest BCUT2D eigenvalue weighted by atomic mass is 32.2. The molecule has 0 unspecified atom stereocenters. The first kappa shape index (κ1) is 12.5. The Kier molecular flexibility index (Phi) is 3.04. The van der Waals surface area contributed by atoms with Gasteiger partial charge in [-0.25, -0.2) is 8.42 Å². The van der Waals surface area contributed by atoms with Crippen LogP contribution < -0.4 is 0 Å². The topological polar surface area (TPSA) is 69.0 Å². The maximum absolute atomic E-state index is 12.1. The van der Waals surface area contributed by atoms with Crippen molar-refractivity contribution in [3.8, 4) is 0 Å². The van der Waals surface area contributed by atoms with E-state index in [2.05, 4.69) is 5.10 Å². The molecule has 0 saturated carbocycles. The standard InChI is InChI=1S/C12H12N2O3S/c1-14-7-6-11(13-14)12(15)9-4-3-5-10(8-9)18(2,16)17/h3-8H,1-2H3. The van der Waals surface area contributed by atoms with Crippen LogP contribution in [-0.4, -0.2) is 30.2 Å². The Morgan fingerprint density at radius 3 is 2.56 bits per heavy atom. The zero-order valence-electron chi connectivity index (χ0n) is 9.99. The van der Waals surface area contributed by atoms with Crippen LogP contribution in [0, 0.1) is 0 Å². The number of rotatable bonds is 3. The van der Waals surface area contributed by atoms with E-state index in [0.717, 1.165) is 6.26 Å². The third-order valence-corrected chi connectivity index (χ3v) is 3.58. The van der Waals surface area contributed by atoms with E-state index in [-0.39, 0.29) is 10.7 Å². The summed E-state index contributed by atoms with van der Waals surface area (Å²) in [6.07, 6.45) is 2.77. The maximum Gasteiger partial charge on any atom is 0.213 e. The number of nitrogens with zero attached hydrogens (tertiary/aromatic N) is 2. The number of aryl methyl sites for hydroxylation is 1. The Bertz CT molecular complexity index is 702. The Hall–Kier alpha value is -1.95. The fraction of sp³-hybridized carbons (Fsp3) is 0.167. The molecule has 0 aliphatic carbocycles. The number of hydrogen-bond donors (Lipinski definition) is 0. The van der Waals surface area contributed by atoms with Crippen LogP contribution in [0.3, 0.4) is 0 Å². The molecule has 0 radical (unpaired) electrons. The van der Waals surface area contributed by atoms with Gasteiger partial charge in [-0.05, 0) is 18.2 Å². The molecule has 0 aliphatic rings. The molecule has 0 atom stereocenters. The van der Waals surface area contributed by atoms with Gasteiger partial charge in [-0.2, -0.15) is 5.10 Å². The van der Waals surface area contributed by atoms with Crippen molar-refractivity contribution in [1.29, 1.82) is 0 Å². The van der Waals surface area contributed by atoms with Crippen molar-refractivity contribution in [2.45, 2.75) is 4.90 Å². The van der Waals surface area contributed by atoms with Crippen molar-refractivity contribution >= 4 is 15.6 Å². The minimum Gasteiger partial charge on any atom is -0.287 e. The Morgan fingerprint density at radius 1 is 1.28 bits per heavy atom. The first-order valence-corrected chi connectivity index (χ1v) is 7.11. The van der Waals surface area contributed by atoms with Crippen LogP contribution in [0.2, 0.25) is 0 Å². The number of sulfone groups is 1. The zero-order valence-corrected chi connectivity index (χ0v) is 10.8. The minimum absolute atomic E-state index is 0.129. The number of carbonyl (C=O) groups is 1. The summed E-state index contributed by atoms with van der Waals surface area (Å²) < 4.78 is 24.4. The van der Waals surface area contributed by atoms with E-state index < -0.39 is 9.84 Å². The second kappa shape index (κ2) is 4.38. The molecular formula is C12H12N2O3S. The minimum atomic E-state index is -3.31. The lowest BCUT2D eigenvalue weighted by molar-refractivity contribution is 0.103. The van der Waals surface area contributed by atoms with Crippen LogP contribution in [0.5, 0.6) is 0 Å². The lowest BCUT2D eigenvalue weighted by Crippen LogP contribution is -2.05. The predicted molar refractivity (Wildman–Crippen MR) is 66.2 cm³/mol. The molecule has 0 fully saturated rings. The van der Waals surface area contributed by atoms with Gasteiger partial charge in [-0.1, -0.05) is 12.1 Å². The van der Waals surface area contributed by atoms with Gasteiger partial charge >= 0.3 is 0 Å². The molecule has 0 saturated heterocycles. The molecule has 1 aromatic carbocycles. The quantitative estimate of drug-likeness (QED) is 0.777. The van der Waals surface area contributed by atoms with Crippen LogP contribution >= 0.6 is 0 Å². The number of aromatic nitrogens is 2. The summed E-state index contributed by atoms with van der Waals surface area (Å²) in [7, 11) is -1.60. The van der Waals surface area contributed by atoms with Crippen molar-refractivity contribution in [2.24, 2.45) is 7.05 Å². The van der Waals surface area contributed by atoms with E-state index in [9.17, 15) is 13.2 Å². The lowest BCUT2D eigenvalue weighted by Gasteiger charge is -2.01. The number of hydrogen-bond acceptors (Lipinski definition) is 4. The molecular weight excluding hydrogens is 252 g/mol. The molecule has 18 heavy (non-hydrogen) atoms. The fourth-order valence-electron chi connectivity index (χ4n) is 1.55. The second-order valence-electron chi connectivity index (χ2n) is 4.00. The number of ketones is 1. The van der Waals surface area contributed by atoms with E-state index in [1.165, 1.54) is 16.8 Å². The van der Waals surface area contributed by atoms with Gasteiger partial charge < -0.3 is 0 Å². The highest BCUT2D eigenvalue weighted by Gasteiger charge is 2.14. The summed E-state index contributed by atoms with van der Waals surface area (Å²) in [6, 6.07) is 7.55. The third-order valence-electron chi connectivity index (χ3n) is 2.47. The normalized spacial score (nSPS) is 11.4. The molecule has 0 bridgehead atoms. The highest BCUT2D eigenvalue weighted by Crippen LogP contribution is 2.14. The van der Waals surface area contributed by atoms with Crippen LogP contribution in [-0.2, 0) is 16.9 Å². The average Bonchev–Trinajstić information content (AvgIpc) is 2.74. The molecule has 1 heterocycles. The predicted octanol–water partition coefficient (Wildman–Crippen LogP) is 1.05. The highest BCUT2D eigenvalue weighted by molar-refractivity contribution is 7.90. The summed E-state index contributed by atoms with van der Waals surface area (Å²) in [5.74, 6) is -0.291. The summed E-state index contributed by atoms with van der Waals surface area (Å²) in [4.78, 5) is 12.2. The van der Waals surface area contributed by atoms with E-state index in [0.29, 0.717) is 11.3 Å². The van der Waals surface area contributed by atoms with Crippen molar-refractivity contribution < 1.29 is 13.2 Å². The Morgan fingerprint density at radius 2 is 2.00 bits per heavy atom. The smallest absolute Gasteiger partial charge is 0.213 e. The molecule has 0 amide bonds. The molecule has 6 heteroatoms. The first-order chi connectivity index (χ1) is 8.38. The number of carbonyl (C=O) groups excluding carboxylic acids is 1. The third kappa shape index (κ3) is 2.48. The van der Waals surface area contributed by atoms with Gasteiger partial charge in [0.05, 0.1) is 4.90 Å². The number of benzene rings is 1. The van der Waals surface area contributed by atoms with E-state index >= 15 is 0 Å². The van der Waals surface area contributed by atoms with E-state index in [4.69, 9.17) is 0 Å². The SMILES string of the molecule is Cn1ccc(C(=O)c2cccc(S(C)(=O)=O)c2)n1. The second-order valence-corrected chi connectivity index (χ2v) is 6.02. The van der Waals surface area contributed by atoms with Gasteiger partial charge in [0.1, 0.15) is 5.69 Å². The molecule has 0 spiro atoms. The fourth-order valence-corrected chi connectivity index (χ4v) is 2.22. The van der Waals surface area contributed by atoms with Crippen molar-refractivity contribution in [2.75, 3.05) is 6.26 Å². The van der Waals surface area contributed by atoms with Gasteiger partial charge in [0.2, 0.25) is 5.78 Å². The van der Waals surface area contributed by atoms with Gasteiger partial charge in [-0.15, -0.1) is 0 Å². The van der Waals surface area contributed by atoms with E-state index in [1.807, 2.05) is 0 Å². The van der Waals surface area contributed by atoms with Crippen LogP contribution in [0.4, 0.5) is 0 Å². The summed E-state index contributed by atoms with van der Waals surface area (Å²) in [6.45, 7) is 0. The van der Waals surface area contributed by atoms with Gasteiger partial charge in [0.25, 0.3) is 0 Å². The zero-order chi connectivity index (χ0) is 13.3. The maximum atomic E-state index is 12.1. The molecule has 2 rings (SSSR count). The molecule has 0 N–H and O–H groups in total. The Labute approximate surface area is 105 Å². The van der Waals surface area contributed by atoms with Crippen LogP contribution in [0.15, 0.2) is 41.4 Å². The summed E-state index contributed by atoms with van der Waals surface area (Å²) in [5.41, 5.74) is 0.611. The Balaban J connectivity index is 2.43.